The second-order valence-electron chi connectivity index (χ2n) is 5.90. The third-order valence-corrected chi connectivity index (χ3v) is 4.58. The van der Waals surface area contributed by atoms with Gasteiger partial charge in [0.15, 0.2) is 0 Å². The Morgan fingerprint density at radius 2 is 1.33 bits per heavy atom. The molecule has 1 nitrogen and oxygen atoms in total. The molecule has 0 aromatic heterocycles. The minimum Gasteiger partial charge on any atom is -0.317 e. The summed E-state index contributed by atoms with van der Waals surface area (Å²) in [5.74, 6) is 3.14. The highest BCUT2D eigenvalue weighted by molar-refractivity contribution is 4.74. The van der Waals surface area contributed by atoms with E-state index in [0.29, 0.717) is 0 Å². The lowest BCUT2D eigenvalue weighted by Crippen LogP contribution is -2.28. The summed E-state index contributed by atoms with van der Waals surface area (Å²) in [6, 6.07) is 0. The van der Waals surface area contributed by atoms with Gasteiger partial charge in [-0.05, 0) is 43.7 Å². The smallest absolute Gasteiger partial charge is 0.00463 e. The first-order valence-corrected chi connectivity index (χ1v) is 7.05. The molecule has 1 aliphatic heterocycles. The van der Waals surface area contributed by atoms with Crippen LogP contribution in [-0.4, -0.2) is 13.1 Å². The molecule has 2 rings (SSSR count). The zero-order valence-electron chi connectivity index (χ0n) is 10.3. The highest BCUT2D eigenvalue weighted by Gasteiger charge is 2.20. The Balaban J connectivity index is 1.60. The van der Waals surface area contributed by atoms with E-state index in [4.69, 9.17) is 0 Å². The van der Waals surface area contributed by atoms with Gasteiger partial charge in [-0.15, -0.1) is 0 Å². The molecule has 0 spiro atoms. The second-order valence-corrected chi connectivity index (χ2v) is 5.90. The highest BCUT2D eigenvalue weighted by Crippen LogP contribution is 2.33. The van der Waals surface area contributed by atoms with E-state index in [-0.39, 0.29) is 0 Å². The molecule has 0 atom stereocenters. The summed E-state index contributed by atoms with van der Waals surface area (Å²) >= 11 is 0. The number of rotatable bonds is 3. The lowest BCUT2D eigenvalue weighted by molar-refractivity contribution is 0.247. The van der Waals surface area contributed by atoms with Crippen LogP contribution in [0.1, 0.15) is 58.3 Å². The molecular weight excluding hydrogens is 182 g/mol. The zero-order chi connectivity index (χ0) is 10.5. The van der Waals surface area contributed by atoms with E-state index in [1.54, 1.807) is 0 Å². The van der Waals surface area contributed by atoms with Crippen LogP contribution in [0.4, 0.5) is 0 Å². The SMILES string of the molecule is CC1CCC(CCC2CCNCC2)CC1. The van der Waals surface area contributed by atoms with Crippen LogP contribution in [0.5, 0.6) is 0 Å². The molecule has 0 radical (unpaired) electrons. The van der Waals surface area contributed by atoms with Gasteiger partial charge in [0.05, 0.1) is 0 Å². The van der Waals surface area contributed by atoms with Crippen LogP contribution in [0.25, 0.3) is 0 Å². The molecule has 1 saturated heterocycles. The Bertz CT molecular complexity index is 164. The third-order valence-electron chi connectivity index (χ3n) is 4.58. The summed E-state index contributed by atoms with van der Waals surface area (Å²) < 4.78 is 0. The van der Waals surface area contributed by atoms with Crippen molar-refractivity contribution in [1.82, 2.24) is 5.32 Å². The first kappa shape index (κ1) is 11.4. The molecule has 0 unspecified atom stereocenters. The average molecular weight is 209 g/mol. The van der Waals surface area contributed by atoms with Gasteiger partial charge in [0.1, 0.15) is 0 Å². The van der Waals surface area contributed by atoms with Gasteiger partial charge < -0.3 is 5.32 Å². The van der Waals surface area contributed by atoms with Crippen molar-refractivity contribution in [3.63, 3.8) is 0 Å². The van der Waals surface area contributed by atoms with Crippen LogP contribution in [0.2, 0.25) is 0 Å². The largest absolute Gasteiger partial charge is 0.317 e. The fraction of sp³-hybridized carbons (Fsp3) is 1.00. The van der Waals surface area contributed by atoms with Crippen LogP contribution < -0.4 is 5.32 Å². The standard InChI is InChI=1S/C14H27N/c1-12-2-4-13(5-3-12)6-7-14-8-10-15-11-9-14/h12-15H,2-11H2,1H3. The quantitative estimate of drug-likeness (QED) is 0.749. The molecule has 0 amide bonds. The van der Waals surface area contributed by atoms with Crippen LogP contribution in [0, 0.1) is 17.8 Å². The monoisotopic (exact) mass is 209 g/mol. The summed E-state index contributed by atoms with van der Waals surface area (Å²) in [5.41, 5.74) is 0. The van der Waals surface area contributed by atoms with Gasteiger partial charge in [-0.3, -0.25) is 0 Å². The van der Waals surface area contributed by atoms with Gasteiger partial charge in [0.2, 0.25) is 0 Å². The Morgan fingerprint density at radius 3 is 1.93 bits per heavy atom. The maximum absolute atomic E-state index is 3.46. The molecule has 1 saturated carbocycles. The molecule has 0 aromatic rings. The van der Waals surface area contributed by atoms with Crippen molar-refractivity contribution < 1.29 is 0 Å². The summed E-state index contributed by atoms with van der Waals surface area (Å²) in [7, 11) is 0. The van der Waals surface area contributed by atoms with E-state index in [1.165, 1.54) is 64.5 Å². The molecule has 1 aliphatic carbocycles. The lowest BCUT2D eigenvalue weighted by Gasteiger charge is -2.29. The van der Waals surface area contributed by atoms with E-state index >= 15 is 0 Å². The number of hydrogen-bond acceptors (Lipinski definition) is 1. The third kappa shape index (κ3) is 3.79. The maximum atomic E-state index is 3.46. The minimum absolute atomic E-state index is 1.01. The molecule has 2 fully saturated rings. The van der Waals surface area contributed by atoms with Gasteiger partial charge >= 0.3 is 0 Å². The highest BCUT2D eigenvalue weighted by atomic mass is 14.9. The van der Waals surface area contributed by atoms with E-state index in [1.807, 2.05) is 0 Å². The normalized spacial score (nSPS) is 34.2. The topological polar surface area (TPSA) is 12.0 Å². The number of nitrogens with one attached hydrogen (secondary N) is 1. The molecule has 0 bridgehead atoms. The van der Waals surface area contributed by atoms with Gasteiger partial charge in [-0.25, -0.2) is 0 Å². The number of piperidine rings is 1. The maximum Gasteiger partial charge on any atom is -0.00463 e. The second kappa shape index (κ2) is 5.89. The van der Waals surface area contributed by atoms with Crippen molar-refractivity contribution in [3.8, 4) is 0 Å². The van der Waals surface area contributed by atoms with Crippen molar-refractivity contribution >= 4 is 0 Å². The zero-order valence-corrected chi connectivity index (χ0v) is 10.3. The van der Waals surface area contributed by atoms with E-state index < -0.39 is 0 Å². The molecule has 2 aliphatic rings. The fourth-order valence-electron chi connectivity index (χ4n) is 3.26. The number of hydrogen-bond donors (Lipinski definition) is 1. The summed E-state index contributed by atoms with van der Waals surface area (Å²) in [5, 5.41) is 3.46. The van der Waals surface area contributed by atoms with Crippen LogP contribution in [0.15, 0.2) is 0 Å². The molecule has 88 valence electrons. The Labute approximate surface area is 95.0 Å². The average Bonchev–Trinajstić information content (AvgIpc) is 2.30. The van der Waals surface area contributed by atoms with Crippen molar-refractivity contribution in [1.29, 1.82) is 0 Å². The van der Waals surface area contributed by atoms with Gasteiger partial charge in [-0.1, -0.05) is 45.4 Å². The molecule has 0 aromatic carbocycles. The molecule has 15 heavy (non-hydrogen) atoms. The predicted molar refractivity (Wildman–Crippen MR) is 65.9 cm³/mol. The van der Waals surface area contributed by atoms with E-state index in [2.05, 4.69) is 12.2 Å². The lowest BCUT2D eigenvalue weighted by atomic mass is 9.79. The molecule has 1 heterocycles. The van der Waals surface area contributed by atoms with Crippen LogP contribution in [-0.2, 0) is 0 Å². The van der Waals surface area contributed by atoms with E-state index in [9.17, 15) is 0 Å². The molecular formula is C14H27N. The van der Waals surface area contributed by atoms with Crippen LogP contribution in [0.3, 0.4) is 0 Å². The Kier molecular flexibility index (Phi) is 4.49. The van der Waals surface area contributed by atoms with Crippen molar-refractivity contribution in [2.45, 2.75) is 58.3 Å². The van der Waals surface area contributed by atoms with Crippen molar-refractivity contribution in [2.75, 3.05) is 13.1 Å². The van der Waals surface area contributed by atoms with Gasteiger partial charge in [-0.2, -0.15) is 0 Å². The van der Waals surface area contributed by atoms with Gasteiger partial charge in [0, 0.05) is 0 Å². The molecule has 1 heteroatoms. The first-order chi connectivity index (χ1) is 7.34. The first-order valence-electron chi connectivity index (χ1n) is 7.05. The van der Waals surface area contributed by atoms with E-state index in [0.717, 1.165) is 17.8 Å². The van der Waals surface area contributed by atoms with Gasteiger partial charge in [0.25, 0.3) is 0 Å². The summed E-state index contributed by atoms with van der Waals surface area (Å²) in [4.78, 5) is 0. The Hall–Kier alpha value is -0.0400. The fourth-order valence-corrected chi connectivity index (χ4v) is 3.26. The summed E-state index contributed by atoms with van der Waals surface area (Å²) in [6.45, 7) is 4.96. The predicted octanol–water partition coefficient (Wildman–Crippen LogP) is 3.59. The van der Waals surface area contributed by atoms with Crippen molar-refractivity contribution in [2.24, 2.45) is 17.8 Å². The van der Waals surface area contributed by atoms with Crippen molar-refractivity contribution in [3.05, 3.63) is 0 Å². The Morgan fingerprint density at radius 1 is 0.800 bits per heavy atom. The molecule has 1 N–H and O–H groups in total. The van der Waals surface area contributed by atoms with Crippen LogP contribution >= 0.6 is 0 Å². The summed E-state index contributed by atoms with van der Waals surface area (Å²) in [6.07, 6.45) is 11.9. The minimum atomic E-state index is 1.01.